The molecular formula is C10H11Cl2N3O2. The van der Waals surface area contributed by atoms with Gasteiger partial charge in [0.25, 0.3) is 0 Å². The maximum atomic E-state index is 11.0. The van der Waals surface area contributed by atoms with Crippen LogP contribution in [0.5, 0.6) is 0 Å². The first-order valence-electron chi connectivity index (χ1n) is 4.78. The lowest BCUT2D eigenvalue weighted by atomic mass is 10.3. The highest BCUT2D eigenvalue weighted by Crippen LogP contribution is 2.29. The minimum Gasteiger partial charge on any atom is -0.450 e. The average molecular weight is 276 g/mol. The van der Waals surface area contributed by atoms with Crippen LogP contribution < -0.4 is 10.6 Å². The van der Waals surface area contributed by atoms with Gasteiger partial charge >= 0.3 is 6.09 Å². The lowest BCUT2D eigenvalue weighted by molar-refractivity contribution is 0.157. The molecule has 0 aliphatic carbocycles. The standard InChI is InChI=1S/C10H11Cl2N3O2/c1-2-17-10(16)15-9(13)14-8-6(11)4-3-5-7(8)12/h3-5H,2H2,1H3,(H3,13,14,15,16). The van der Waals surface area contributed by atoms with Crippen LogP contribution in [0.3, 0.4) is 0 Å². The zero-order valence-corrected chi connectivity index (χ0v) is 10.5. The number of amides is 1. The van der Waals surface area contributed by atoms with Crippen LogP contribution in [-0.4, -0.2) is 18.7 Å². The van der Waals surface area contributed by atoms with Crippen LogP contribution in [0.4, 0.5) is 10.5 Å². The lowest BCUT2D eigenvalue weighted by Gasteiger charge is -2.11. The highest BCUT2D eigenvalue weighted by Gasteiger charge is 2.09. The Morgan fingerprint density at radius 3 is 2.53 bits per heavy atom. The Bertz CT molecular complexity index is 417. The van der Waals surface area contributed by atoms with Crippen LogP contribution >= 0.6 is 23.2 Å². The number of rotatable bonds is 2. The van der Waals surface area contributed by atoms with Gasteiger partial charge in [-0.25, -0.2) is 4.79 Å². The molecule has 1 aromatic carbocycles. The zero-order valence-electron chi connectivity index (χ0n) is 9.01. The fraction of sp³-hybridized carbons (Fsp3) is 0.200. The number of halogens is 2. The largest absolute Gasteiger partial charge is 0.450 e. The summed E-state index contributed by atoms with van der Waals surface area (Å²) in [5.41, 5.74) is 0.359. The number of carbonyl (C=O) groups excluding carboxylic acids is 1. The Hall–Kier alpha value is -1.46. The van der Waals surface area contributed by atoms with Gasteiger partial charge in [0.05, 0.1) is 22.3 Å². The molecule has 0 fully saturated rings. The number of benzene rings is 1. The summed E-state index contributed by atoms with van der Waals surface area (Å²) < 4.78 is 4.61. The van der Waals surface area contributed by atoms with E-state index >= 15 is 0 Å². The van der Waals surface area contributed by atoms with Crippen molar-refractivity contribution in [1.82, 2.24) is 5.32 Å². The lowest BCUT2D eigenvalue weighted by Crippen LogP contribution is -2.35. The Kier molecular flexibility index (Phi) is 5.06. The number of anilines is 1. The molecule has 3 N–H and O–H groups in total. The van der Waals surface area contributed by atoms with Crippen molar-refractivity contribution >= 4 is 40.9 Å². The third-order valence-electron chi connectivity index (χ3n) is 1.72. The van der Waals surface area contributed by atoms with E-state index in [1.54, 1.807) is 25.1 Å². The van der Waals surface area contributed by atoms with Crippen LogP contribution in [0.15, 0.2) is 18.2 Å². The van der Waals surface area contributed by atoms with E-state index in [1.165, 1.54) is 0 Å². The molecule has 1 aromatic rings. The molecule has 7 heteroatoms. The van der Waals surface area contributed by atoms with Gasteiger partial charge in [0.1, 0.15) is 0 Å². The predicted molar refractivity (Wildman–Crippen MR) is 68.0 cm³/mol. The molecule has 0 bridgehead atoms. The number of alkyl carbamates (subject to hydrolysis) is 1. The second kappa shape index (κ2) is 6.32. The Morgan fingerprint density at radius 1 is 1.41 bits per heavy atom. The van der Waals surface area contributed by atoms with Crippen molar-refractivity contribution in [2.45, 2.75) is 6.92 Å². The second-order valence-electron chi connectivity index (χ2n) is 2.94. The van der Waals surface area contributed by atoms with Gasteiger partial charge in [0.2, 0.25) is 5.96 Å². The fourth-order valence-corrected chi connectivity index (χ4v) is 1.53. The van der Waals surface area contributed by atoms with Crippen molar-refractivity contribution in [3.8, 4) is 0 Å². The van der Waals surface area contributed by atoms with Gasteiger partial charge in [-0.1, -0.05) is 29.3 Å². The van der Waals surface area contributed by atoms with Crippen molar-refractivity contribution in [3.63, 3.8) is 0 Å². The normalized spacial score (nSPS) is 9.59. The van der Waals surface area contributed by atoms with Crippen LogP contribution in [0.1, 0.15) is 6.92 Å². The molecule has 0 aliphatic heterocycles. The van der Waals surface area contributed by atoms with E-state index in [0.717, 1.165) is 0 Å². The summed E-state index contributed by atoms with van der Waals surface area (Å²) in [6, 6.07) is 4.92. The summed E-state index contributed by atoms with van der Waals surface area (Å²) in [6.45, 7) is 1.90. The molecule has 0 spiro atoms. The molecule has 1 rings (SSSR count). The molecule has 0 saturated carbocycles. The summed E-state index contributed by atoms with van der Waals surface area (Å²) in [6.07, 6.45) is -0.715. The van der Waals surface area contributed by atoms with E-state index < -0.39 is 6.09 Å². The molecule has 0 atom stereocenters. The molecule has 0 aromatic heterocycles. The average Bonchev–Trinajstić information content (AvgIpc) is 2.24. The van der Waals surface area contributed by atoms with Crippen molar-refractivity contribution in [2.24, 2.45) is 0 Å². The minimum absolute atomic E-state index is 0.228. The van der Waals surface area contributed by atoms with Gasteiger partial charge in [-0.05, 0) is 19.1 Å². The summed E-state index contributed by atoms with van der Waals surface area (Å²) in [5.74, 6) is -0.265. The number of hydrogen-bond donors (Lipinski definition) is 3. The topological polar surface area (TPSA) is 74.2 Å². The van der Waals surface area contributed by atoms with Gasteiger partial charge in [-0.15, -0.1) is 0 Å². The molecular weight excluding hydrogens is 265 g/mol. The maximum Gasteiger partial charge on any atom is 0.413 e. The number of carbonyl (C=O) groups is 1. The number of hydrogen-bond acceptors (Lipinski definition) is 3. The number of ether oxygens (including phenoxy) is 1. The van der Waals surface area contributed by atoms with Crippen molar-refractivity contribution < 1.29 is 9.53 Å². The molecule has 0 radical (unpaired) electrons. The summed E-state index contributed by atoms with van der Waals surface area (Å²) >= 11 is 11.8. The van der Waals surface area contributed by atoms with E-state index in [2.05, 4.69) is 15.4 Å². The molecule has 0 heterocycles. The summed E-state index contributed by atoms with van der Waals surface area (Å²) in [5, 5.41) is 12.9. The van der Waals surface area contributed by atoms with E-state index in [0.29, 0.717) is 15.7 Å². The highest BCUT2D eigenvalue weighted by atomic mass is 35.5. The van der Waals surface area contributed by atoms with Crippen molar-refractivity contribution in [2.75, 3.05) is 11.9 Å². The molecule has 17 heavy (non-hydrogen) atoms. The highest BCUT2D eigenvalue weighted by molar-refractivity contribution is 6.39. The Labute approximate surface area is 109 Å². The van der Waals surface area contributed by atoms with Crippen LogP contribution in [-0.2, 0) is 4.74 Å². The summed E-state index contributed by atoms with van der Waals surface area (Å²) in [7, 11) is 0. The molecule has 5 nitrogen and oxygen atoms in total. The first-order valence-corrected chi connectivity index (χ1v) is 5.53. The molecule has 0 unspecified atom stereocenters. The SMILES string of the molecule is CCOC(=O)NC(=N)Nc1c(Cl)cccc1Cl. The van der Waals surface area contributed by atoms with Crippen molar-refractivity contribution in [3.05, 3.63) is 28.2 Å². The van der Waals surface area contributed by atoms with E-state index in [4.69, 9.17) is 28.6 Å². The number of guanidine groups is 1. The van der Waals surface area contributed by atoms with Gasteiger partial charge in [-0.3, -0.25) is 10.7 Å². The van der Waals surface area contributed by atoms with E-state index in [1.807, 2.05) is 0 Å². The smallest absolute Gasteiger partial charge is 0.413 e. The van der Waals surface area contributed by atoms with Gasteiger partial charge in [0, 0.05) is 0 Å². The van der Waals surface area contributed by atoms with Crippen LogP contribution in [0.25, 0.3) is 0 Å². The quantitative estimate of drug-likeness (QED) is 0.574. The molecule has 1 amide bonds. The predicted octanol–water partition coefficient (Wildman–Crippen LogP) is 3.09. The first-order chi connectivity index (χ1) is 8.04. The summed E-state index contributed by atoms with van der Waals surface area (Å²) in [4.78, 5) is 11.0. The Morgan fingerprint density at radius 2 is 2.00 bits per heavy atom. The van der Waals surface area contributed by atoms with E-state index in [9.17, 15) is 4.79 Å². The fourth-order valence-electron chi connectivity index (χ4n) is 1.04. The van der Waals surface area contributed by atoms with Crippen molar-refractivity contribution in [1.29, 1.82) is 5.41 Å². The molecule has 92 valence electrons. The third kappa shape index (κ3) is 4.13. The zero-order chi connectivity index (χ0) is 12.8. The Balaban J connectivity index is 2.65. The number of nitrogens with one attached hydrogen (secondary N) is 3. The molecule has 0 aliphatic rings. The first kappa shape index (κ1) is 13.6. The van der Waals surface area contributed by atoms with Gasteiger partial charge < -0.3 is 10.1 Å². The second-order valence-corrected chi connectivity index (χ2v) is 3.76. The maximum absolute atomic E-state index is 11.0. The monoisotopic (exact) mass is 275 g/mol. The van der Waals surface area contributed by atoms with Gasteiger partial charge in [-0.2, -0.15) is 0 Å². The van der Waals surface area contributed by atoms with Crippen LogP contribution in [0.2, 0.25) is 10.0 Å². The van der Waals surface area contributed by atoms with E-state index in [-0.39, 0.29) is 12.6 Å². The van der Waals surface area contributed by atoms with Gasteiger partial charge in [0.15, 0.2) is 0 Å². The third-order valence-corrected chi connectivity index (χ3v) is 2.35. The minimum atomic E-state index is -0.715. The van der Waals surface area contributed by atoms with Crippen LogP contribution in [0, 0.1) is 5.41 Å². The molecule has 0 saturated heterocycles. The number of para-hydroxylation sites is 1.